The molecule has 0 fully saturated rings. The molecule has 0 amide bonds. The highest BCUT2D eigenvalue weighted by molar-refractivity contribution is 5.97. The van der Waals surface area contributed by atoms with Gasteiger partial charge in [0.2, 0.25) is 5.43 Å². The molecule has 4 rings (SSSR count). The van der Waals surface area contributed by atoms with E-state index in [-0.39, 0.29) is 16.6 Å². The van der Waals surface area contributed by atoms with Crippen molar-refractivity contribution < 1.29 is 14.3 Å². The Labute approximate surface area is 176 Å². The lowest BCUT2D eigenvalue weighted by molar-refractivity contribution is 0.156. The minimum atomic E-state index is -0.512. The first-order chi connectivity index (χ1) is 14.2. The number of likely N-dealkylation sites (N-methyl/N-ethyl adjacent to an activating group) is 1. The van der Waals surface area contributed by atoms with Crippen LogP contribution in [-0.2, 0) is 6.42 Å². The number of aromatic hydroxyl groups is 1. The third-order valence-corrected chi connectivity index (χ3v) is 5.47. The predicted molar refractivity (Wildman–Crippen MR) is 120 cm³/mol. The number of hydrogen-bond acceptors (Lipinski definition) is 5. The summed E-state index contributed by atoms with van der Waals surface area (Å²) in [7, 11) is 3.94. The summed E-state index contributed by atoms with van der Waals surface area (Å²) in [6, 6.07) is 7.68. The molecule has 2 heterocycles. The zero-order chi connectivity index (χ0) is 21.6. The van der Waals surface area contributed by atoms with Crippen LogP contribution in [0.25, 0.3) is 28.2 Å². The Morgan fingerprint density at radius 1 is 1.13 bits per heavy atom. The van der Waals surface area contributed by atoms with Crippen molar-refractivity contribution in [3.8, 4) is 22.6 Å². The normalized spacial score (nSPS) is 14.7. The van der Waals surface area contributed by atoms with Crippen LogP contribution >= 0.6 is 0 Å². The summed E-state index contributed by atoms with van der Waals surface area (Å²) in [5, 5.41) is 11.4. The third kappa shape index (κ3) is 3.50. The fraction of sp³-hybridized carbons (Fsp3) is 0.320. The smallest absolute Gasteiger partial charge is 0.204 e. The molecule has 0 saturated heterocycles. The fourth-order valence-corrected chi connectivity index (χ4v) is 3.75. The molecule has 0 spiro atoms. The molecule has 1 aromatic heterocycles. The van der Waals surface area contributed by atoms with Gasteiger partial charge in [0.1, 0.15) is 28.7 Å². The van der Waals surface area contributed by atoms with Gasteiger partial charge >= 0.3 is 0 Å². The molecule has 0 unspecified atom stereocenters. The number of aryl methyl sites for hydroxylation is 1. The van der Waals surface area contributed by atoms with E-state index >= 15 is 0 Å². The predicted octanol–water partition coefficient (Wildman–Crippen LogP) is 4.76. The zero-order valence-electron chi connectivity index (χ0n) is 18.1. The lowest BCUT2D eigenvalue weighted by Crippen LogP contribution is -2.29. The Morgan fingerprint density at radius 3 is 2.50 bits per heavy atom. The number of rotatable bonds is 4. The number of fused-ring (bicyclic) bond motifs is 3. The van der Waals surface area contributed by atoms with Crippen LogP contribution < -0.4 is 10.2 Å². The van der Waals surface area contributed by atoms with Crippen molar-refractivity contribution in [1.29, 1.82) is 0 Å². The van der Waals surface area contributed by atoms with Crippen LogP contribution in [0.3, 0.4) is 0 Å². The Kier molecular flexibility index (Phi) is 4.94. The van der Waals surface area contributed by atoms with Crippen LogP contribution in [0.4, 0.5) is 0 Å². The van der Waals surface area contributed by atoms with E-state index in [4.69, 9.17) is 9.15 Å². The topological polar surface area (TPSA) is 62.9 Å². The maximum atomic E-state index is 13.4. The third-order valence-electron chi connectivity index (χ3n) is 5.47. The van der Waals surface area contributed by atoms with Crippen molar-refractivity contribution in [2.24, 2.45) is 0 Å². The Balaban J connectivity index is 2.01. The van der Waals surface area contributed by atoms with Crippen LogP contribution in [0.15, 0.2) is 45.8 Å². The number of phenolic OH excluding ortho intramolecular Hbond substituents is 1. The molecule has 0 atom stereocenters. The van der Waals surface area contributed by atoms with E-state index in [0.717, 1.165) is 11.1 Å². The standard InChI is InChI=1S/C25H27NO4/c1-15-6-8-16(9-7-15)19-14-29-24-18-10-12-25(2,3)30-23(18)17(11-13-26(4)5)21(27)20(24)22(19)28/h6-10,12,14,27H,11,13H2,1-5H3. The van der Waals surface area contributed by atoms with Crippen molar-refractivity contribution in [3.63, 3.8) is 0 Å². The molecule has 1 aliphatic heterocycles. The number of benzene rings is 2. The zero-order valence-corrected chi connectivity index (χ0v) is 18.1. The molecule has 0 saturated carbocycles. The van der Waals surface area contributed by atoms with Gasteiger partial charge in [0.25, 0.3) is 0 Å². The fourth-order valence-electron chi connectivity index (χ4n) is 3.75. The van der Waals surface area contributed by atoms with Crippen LogP contribution in [0, 0.1) is 6.92 Å². The highest BCUT2D eigenvalue weighted by Gasteiger charge is 2.30. The van der Waals surface area contributed by atoms with Gasteiger partial charge < -0.3 is 19.2 Å². The maximum Gasteiger partial charge on any atom is 0.204 e. The van der Waals surface area contributed by atoms with Crippen molar-refractivity contribution in [2.75, 3.05) is 20.6 Å². The van der Waals surface area contributed by atoms with Crippen molar-refractivity contribution in [1.82, 2.24) is 4.90 Å². The maximum absolute atomic E-state index is 13.4. The number of phenols is 1. The minimum Gasteiger partial charge on any atom is -0.507 e. The average Bonchev–Trinajstić information content (AvgIpc) is 2.67. The van der Waals surface area contributed by atoms with Gasteiger partial charge in [-0.15, -0.1) is 0 Å². The lowest BCUT2D eigenvalue weighted by atomic mass is 9.94. The second kappa shape index (κ2) is 7.33. The van der Waals surface area contributed by atoms with E-state index in [1.54, 1.807) is 0 Å². The second-order valence-electron chi connectivity index (χ2n) is 8.71. The van der Waals surface area contributed by atoms with Crippen LogP contribution in [0.2, 0.25) is 0 Å². The first-order valence-corrected chi connectivity index (χ1v) is 10.1. The number of hydrogen-bond donors (Lipinski definition) is 1. The highest BCUT2D eigenvalue weighted by atomic mass is 16.5. The van der Waals surface area contributed by atoms with Crippen LogP contribution in [0.5, 0.6) is 11.5 Å². The van der Waals surface area contributed by atoms with E-state index in [1.807, 2.05) is 76.2 Å². The molecule has 30 heavy (non-hydrogen) atoms. The molecule has 0 radical (unpaired) electrons. The largest absolute Gasteiger partial charge is 0.507 e. The molecule has 0 bridgehead atoms. The molecule has 0 aliphatic carbocycles. The van der Waals surface area contributed by atoms with Gasteiger partial charge in [-0.1, -0.05) is 29.8 Å². The quantitative estimate of drug-likeness (QED) is 0.678. The van der Waals surface area contributed by atoms with Gasteiger partial charge in [-0.3, -0.25) is 4.79 Å². The molecule has 3 aromatic rings. The molecular formula is C25H27NO4. The Hall–Kier alpha value is -3.05. The summed E-state index contributed by atoms with van der Waals surface area (Å²) < 4.78 is 12.1. The number of nitrogens with zero attached hydrogens (tertiary/aromatic N) is 1. The van der Waals surface area contributed by atoms with Crippen molar-refractivity contribution in [3.05, 3.63) is 63.5 Å². The summed E-state index contributed by atoms with van der Waals surface area (Å²) in [6.45, 7) is 6.62. The first-order valence-electron chi connectivity index (χ1n) is 10.1. The Bertz CT molecular complexity index is 1200. The van der Waals surface area contributed by atoms with Crippen molar-refractivity contribution in [2.45, 2.75) is 32.8 Å². The molecule has 1 aliphatic rings. The first kappa shape index (κ1) is 20.2. The molecule has 1 N–H and O–H groups in total. The summed E-state index contributed by atoms with van der Waals surface area (Å²) >= 11 is 0. The Morgan fingerprint density at radius 2 is 1.83 bits per heavy atom. The van der Waals surface area contributed by atoms with Crippen LogP contribution in [-0.4, -0.2) is 36.2 Å². The van der Waals surface area contributed by atoms with Crippen molar-refractivity contribution >= 4 is 17.0 Å². The van der Waals surface area contributed by atoms with E-state index < -0.39 is 5.60 Å². The van der Waals surface area contributed by atoms with Gasteiger partial charge in [-0.2, -0.15) is 0 Å². The molecule has 5 heteroatoms. The molecule has 156 valence electrons. The summed E-state index contributed by atoms with van der Waals surface area (Å²) in [6.07, 6.45) is 5.89. The molecular weight excluding hydrogens is 378 g/mol. The molecule has 5 nitrogen and oxygen atoms in total. The van der Waals surface area contributed by atoms with Gasteiger partial charge in [0.15, 0.2) is 5.58 Å². The van der Waals surface area contributed by atoms with Gasteiger partial charge in [-0.25, -0.2) is 0 Å². The van der Waals surface area contributed by atoms with E-state index in [0.29, 0.717) is 41.0 Å². The lowest BCUT2D eigenvalue weighted by Gasteiger charge is -2.30. The van der Waals surface area contributed by atoms with E-state index in [2.05, 4.69) is 0 Å². The van der Waals surface area contributed by atoms with Gasteiger partial charge in [0.05, 0.1) is 11.1 Å². The molecule has 2 aromatic carbocycles. The van der Waals surface area contributed by atoms with Gasteiger partial charge in [-0.05, 0) is 59.0 Å². The highest BCUT2D eigenvalue weighted by Crippen LogP contribution is 2.44. The van der Waals surface area contributed by atoms with E-state index in [1.165, 1.54) is 6.26 Å². The van der Waals surface area contributed by atoms with Gasteiger partial charge in [0, 0.05) is 12.1 Å². The van der Waals surface area contributed by atoms with Crippen LogP contribution in [0.1, 0.15) is 30.5 Å². The summed E-state index contributed by atoms with van der Waals surface area (Å²) in [5.74, 6) is 0.528. The SMILES string of the molecule is Cc1ccc(-c2coc3c4c(c(CCN(C)C)c(O)c3c2=O)OC(C)(C)C=C4)cc1. The summed E-state index contributed by atoms with van der Waals surface area (Å²) in [4.78, 5) is 15.5. The number of ether oxygens (including phenoxy) is 1. The van der Waals surface area contributed by atoms with E-state index in [9.17, 15) is 9.90 Å². The monoisotopic (exact) mass is 405 g/mol. The minimum absolute atomic E-state index is 0.0561. The summed E-state index contributed by atoms with van der Waals surface area (Å²) in [5.41, 5.74) is 3.22. The second-order valence-corrected chi connectivity index (χ2v) is 8.71. The average molecular weight is 405 g/mol.